The van der Waals surface area contributed by atoms with Gasteiger partial charge in [-0.15, -0.1) is 0 Å². The molecule has 0 aromatic heterocycles. The lowest BCUT2D eigenvalue weighted by Crippen LogP contribution is -2.47. The van der Waals surface area contributed by atoms with Crippen molar-refractivity contribution in [3.8, 4) is 0 Å². The summed E-state index contributed by atoms with van der Waals surface area (Å²) >= 11 is 0. The van der Waals surface area contributed by atoms with Crippen LogP contribution in [0, 0.1) is 0 Å². The average Bonchev–Trinajstić information content (AvgIpc) is 2.91. The number of esters is 1. The van der Waals surface area contributed by atoms with Gasteiger partial charge in [-0.1, -0.05) is 0 Å². The first-order chi connectivity index (χ1) is 9.38. The second-order valence-electron chi connectivity index (χ2n) is 5.11. The van der Waals surface area contributed by atoms with E-state index in [1.165, 1.54) is 12.8 Å². The summed E-state index contributed by atoms with van der Waals surface area (Å²) < 4.78 is 39.8. The Morgan fingerprint density at radius 3 is 2.05 bits per heavy atom. The van der Waals surface area contributed by atoms with Gasteiger partial charge >= 0.3 is 18.2 Å². The standard InChI is InChI=1S/C12H17F3N2O3/c13-12(14,15)10(18)20-11(19)17-7-3-9(4-8-17)16-5-1-2-6-16/h9H,1-8H2. The van der Waals surface area contributed by atoms with Crippen LogP contribution in [0.1, 0.15) is 25.7 Å². The number of rotatable bonds is 1. The van der Waals surface area contributed by atoms with Gasteiger partial charge in [0.15, 0.2) is 0 Å². The third kappa shape index (κ3) is 3.62. The van der Waals surface area contributed by atoms with Gasteiger partial charge in [0.25, 0.3) is 0 Å². The maximum atomic E-state index is 12.0. The Labute approximate surface area is 114 Å². The van der Waals surface area contributed by atoms with Crippen LogP contribution in [0.3, 0.4) is 0 Å². The van der Waals surface area contributed by atoms with Gasteiger partial charge in [-0.05, 0) is 38.8 Å². The molecule has 0 N–H and O–H groups in total. The number of halogens is 3. The first kappa shape index (κ1) is 15.1. The number of hydrogen-bond acceptors (Lipinski definition) is 4. The molecular weight excluding hydrogens is 277 g/mol. The normalized spacial score (nSPS) is 22.1. The molecule has 0 aromatic carbocycles. The van der Waals surface area contributed by atoms with Crippen LogP contribution in [0.4, 0.5) is 18.0 Å². The molecule has 114 valence electrons. The predicted molar refractivity (Wildman–Crippen MR) is 62.9 cm³/mol. The first-order valence-electron chi connectivity index (χ1n) is 6.70. The highest BCUT2D eigenvalue weighted by Crippen LogP contribution is 2.22. The van der Waals surface area contributed by atoms with Crippen molar-refractivity contribution in [1.29, 1.82) is 0 Å². The zero-order valence-electron chi connectivity index (χ0n) is 11.0. The molecule has 8 heteroatoms. The van der Waals surface area contributed by atoms with Crippen LogP contribution in [-0.4, -0.2) is 60.3 Å². The van der Waals surface area contributed by atoms with Crippen LogP contribution in [0.15, 0.2) is 0 Å². The fourth-order valence-corrected chi connectivity index (χ4v) is 2.72. The molecule has 2 saturated heterocycles. The van der Waals surface area contributed by atoms with Crippen molar-refractivity contribution in [3.63, 3.8) is 0 Å². The minimum atomic E-state index is -5.14. The van der Waals surface area contributed by atoms with E-state index >= 15 is 0 Å². The molecule has 20 heavy (non-hydrogen) atoms. The van der Waals surface area contributed by atoms with E-state index in [4.69, 9.17) is 0 Å². The molecule has 2 aliphatic heterocycles. The van der Waals surface area contributed by atoms with E-state index in [2.05, 4.69) is 9.64 Å². The van der Waals surface area contributed by atoms with Gasteiger partial charge in [0, 0.05) is 19.1 Å². The highest BCUT2D eigenvalue weighted by atomic mass is 19.4. The summed E-state index contributed by atoms with van der Waals surface area (Å²) in [7, 11) is 0. The maximum absolute atomic E-state index is 12.0. The molecule has 2 aliphatic rings. The number of hydrogen-bond donors (Lipinski definition) is 0. The zero-order valence-corrected chi connectivity index (χ0v) is 11.0. The number of alkyl halides is 3. The minimum absolute atomic E-state index is 0.325. The van der Waals surface area contributed by atoms with Crippen molar-refractivity contribution >= 4 is 12.1 Å². The van der Waals surface area contributed by atoms with Crippen molar-refractivity contribution in [2.45, 2.75) is 37.9 Å². The van der Waals surface area contributed by atoms with E-state index in [1.807, 2.05) is 0 Å². The van der Waals surface area contributed by atoms with Gasteiger partial charge in [0.1, 0.15) is 0 Å². The van der Waals surface area contributed by atoms with Crippen LogP contribution in [0.5, 0.6) is 0 Å². The molecule has 2 heterocycles. The topological polar surface area (TPSA) is 49.9 Å². The summed E-state index contributed by atoms with van der Waals surface area (Å²) in [6, 6.07) is 0.375. The SMILES string of the molecule is O=C(OC(=O)C(F)(F)F)N1CCC(N2CCCC2)CC1. The average molecular weight is 294 g/mol. The molecule has 0 atom stereocenters. The number of carbonyl (C=O) groups is 2. The van der Waals surface area contributed by atoms with Crippen molar-refractivity contribution in [3.05, 3.63) is 0 Å². The van der Waals surface area contributed by atoms with Gasteiger partial charge in [-0.2, -0.15) is 13.2 Å². The molecule has 0 spiro atoms. The van der Waals surface area contributed by atoms with E-state index in [1.54, 1.807) is 0 Å². The van der Waals surface area contributed by atoms with E-state index in [0.717, 1.165) is 18.0 Å². The fourth-order valence-electron chi connectivity index (χ4n) is 2.72. The summed E-state index contributed by atoms with van der Waals surface area (Å²) in [6.07, 6.45) is -2.59. The monoisotopic (exact) mass is 294 g/mol. The number of likely N-dealkylation sites (tertiary alicyclic amines) is 2. The largest absolute Gasteiger partial charge is 0.491 e. The second-order valence-corrected chi connectivity index (χ2v) is 5.11. The zero-order chi connectivity index (χ0) is 14.8. The molecule has 2 rings (SSSR count). The molecule has 2 fully saturated rings. The molecule has 0 radical (unpaired) electrons. The number of nitrogens with zero attached hydrogens (tertiary/aromatic N) is 2. The van der Waals surface area contributed by atoms with Crippen molar-refractivity contribution < 1.29 is 27.5 Å². The van der Waals surface area contributed by atoms with Crippen molar-refractivity contribution in [2.75, 3.05) is 26.2 Å². The van der Waals surface area contributed by atoms with Gasteiger partial charge in [-0.3, -0.25) is 0 Å². The van der Waals surface area contributed by atoms with E-state index in [9.17, 15) is 22.8 Å². The third-order valence-corrected chi connectivity index (χ3v) is 3.79. The van der Waals surface area contributed by atoms with Crippen LogP contribution < -0.4 is 0 Å². The van der Waals surface area contributed by atoms with Gasteiger partial charge in [-0.25, -0.2) is 9.59 Å². The van der Waals surface area contributed by atoms with Gasteiger partial charge in [0.05, 0.1) is 0 Å². The summed E-state index contributed by atoms with van der Waals surface area (Å²) in [5.41, 5.74) is 0. The van der Waals surface area contributed by atoms with Crippen molar-refractivity contribution in [1.82, 2.24) is 9.80 Å². The van der Waals surface area contributed by atoms with Crippen LogP contribution in [0.2, 0.25) is 0 Å². The molecule has 0 saturated carbocycles. The Kier molecular flexibility index (Phi) is 4.52. The summed E-state index contributed by atoms with van der Waals surface area (Å²) in [5, 5.41) is 0. The second kappa shape index (κ2) is 5.99. The summed E-state index contributed by atoms with van der Waals surface area (Å²) in [4.78, 5) is 25.6. The van der Waals surface area contributed by atoms with E-state index < -0.39 is 18.2 Å². The maximum Gasteiger partial charge on any atom is 0.491 e. The Bertz CT molecular complexity index is 373. The molecule has 1 amide bonds. The number of ether oxygens (including phenoxy) is 1. The first-order valence-corrected chi connectivity index (χ1v) is 6.70. The molecule has 0 aliphatic carbocycles. The molecule has 5 nitrogen and oxygen atoms in total. The third-order valence-electron chi connectivity index (χ3n) is 3.79. The summed E-state index contributed by atoms with van der Waals surface area (Å²) in [5.74, 6) is -2.45. The van der Waals surface area contributed by atoms with Crippen LogP contribution in [0.25, 0.3) is 0 Å². The molecular formula is C12H17F3N2O3. The Balaban J connectivity index is 1.78. The summed E-state index contributed by atoms with van der Waals surface area (Å²) in [6.45, 7) is 2.74. The lowest BCUT2D eigenvalue weighted by Gasteiger charge is -2.35. The number of carbonyl (C=O) groups excluding carboxylic acids is 2. The van der Waals surface area contributed by atoms with Crippen LogP contribution >= 0.6 is 0 Å². The quantitative estimate of drug-likeness (QED) is 0.546. The molecule has 0 bridgehead atoms. The number of amides is 1. The van der Waals surface area contributed by atoms with E-state index in [-0.39, 0.29) is 0 Å². The van der Waals surface area contributed by atoms with Crippen LogP contribution in [-0.2, 0) is 9.53 Å². The highest BCUT2D eigenvalue weighted by Gasteiger charge is 2.43. The van der Waals surface area contributed by atoms with Crippen molar-refractivity contribution in [2.24, 2.45) is 0 Å². The van der Waals surface area contributed by atoms with Gasteiger partial charge in [0.2, 0.25) is 0 Å². The predicted octanol–water partition coefficient (Wildman–Crippen LogP) is 1.77. The lowest BCUT2D eigenvalue weighted by molar-refractivity contribution is -0.193. The lowest BCUT2D eigenvalue weighted by atomic mass is 10.0. The minimum Gasteiger partial charge on any atom is -0.369 e. The smallest absolute Gasteiger partial charge is 0.369 e. The van der Waals surface area contributed by atoms with Gasteiger partial charge < -0.3 is 14.5 Å². The highest BCUT2D eigenvalue weighted by molar-refractivity contribution is 5.87. The number of piperidine rings is 1. The Hall–Kier alpha value is -1.31. The molecule has 0 aromatic rings. The Morgan fingerprint density at radius 1 is 1.00 bits per heavy atom. The van der Waals surface area contributed by atoms with E-state index in [0.29, 0.717) is 32.0 Å². The Morgan fingerprint density at radius 2 is 1.55 bits per heavy atom. The fraction of sp³-hybridized carbons (Fsp3) is 0.833. The molecule has 0 unspecified atom stereocenters.